The van der Waals surface area contributed by atoms with Crippen molar-refractivity contribution in [3.05, 3.63) is 59.7 Å². The van der Waals surface area contributed by atoms with Gasteiger partial charge in [0.25, 0.3) is 0 Å². The smallest absolute Gasteiger partial charge is 0.343 e. The number of nitriles is 1. The molecule has 0 aliphatic carbocycles. The second-order valence-corrected chi connectivity index (χ2v) is 5.37. The van der Waals surface area contributed by atoms with Gasteiger partial charge in [-0.1, -0.05) is 20.3 Å². The predicted molar refractivity (Wildman–Crippen MR) is 87.5 cm³/mol. The van der Waals surface area contributed by atoms with Crippen molar-refractivity contribution in [1.29, 1.82) is 5.26 Å². The van der Waals surface area contributed by atoms with Gasteiger partial charge in [0.1, 0.15) is 11.5 Å². The van der Waals surface area contributed by atoms with E-state index in [4.69, 9.17) is 14.7 Å². The Morgan fingerprint density at radius 3 is 2.26 bits per heavy atom. The summed E-state index contributed by atoms with van der Waals surface area (Å²) < 4.78 is 10.9. The maximum absolute atomic E-state index is 12.1. The van der Waals surface area contributed by atoms with E-state index in [1.54, 1.807) is 48.5 Å². The first-order valence-corrected chi connectivity index (χ1v) is 7.57. The minimum Gasteiger partial charge on any atom is -0.493 e. The van der Waals surface area contributed by atoms with Gasteiger partial charge in [0.05, 0.1) is 23.8 Å². The SMILES string of the molecule is CC[C@H](C)COc1ccc(C(=O)Oc2ccc(C#N)cc2)cc1. The van der Waals surface area contributed by atoms with Gasteiger partial charge in [-0.2, -0.15) is 5.26 Å². The van der Waals surface area contributed by atoms with E-state index in [0.717, 1.165) is 12.2 Å². The largest absolute Gasteiger partial charge is 0.493 e. The van der Waals surface area contributed by atoms with Crippen molar-refractivity contribution < 1.29 is 14.3 Å². The maximum Gasteiger partial charge on any atom is 0.343 e. The zero-order valence-corrected chi connectivity index (χ0v) is 13.3. The van der Waals surface area contributed by atoms with Crippen LogP contribution >= 0.6 is 0 Å². The lowest BCUT2D eigenvalue weighted by molar-refractivity contribution is 0.0734. The third-order valence-corrected chi connectivity index (χ3v) is 3.52. The minimum absolute atomic E-state index is 0.408. The molecule has 0 N–H and O–H groups in total. The van der Waals surface area contributed by atoms with Gasteiger partial charge in [0.2, 0.25) is 0 Å². The van der Waals surface area contributed by atoms with Crippen LogP contribution in [0.15, 0.2) is 48.5 Å². The summed E-state index contributed by atoms with van der Waals surface area (Å²) in [6.07, 6.45) is 1.06. The van der Waals surface area contributed by atoms with Crippen molar-refractivity contribution in [2.24, 2.45) is 5.92 Å². The highest BCUT2D eigenvalue weighted by atomic mass is 16.5. The summed E-state index contributed by atoms with van der Waals surface area (Å²) >= 11 is 0. The highest BCUT2D eigenvalue weighted by Gasteiger charge is 2.09. The minimum atomic E-state index is -0.441. The highest BCUT2D eigenvalue weighted by Crippen LogP contribution is 2.17. The molecule has 0 aliphatic heterocycles. The van der Waals surface area contributed by atoms with Crippen molar-refractivity contribution in [3.8, 4) is 17.6 Å². The topological polar surface area (TPSA) is 59.3 Å². The molecule has 0 aromatic heterocycles. The first kappa shape index (κ1) is 16.6. The summed E-state index contributed by atoms with van der Waals surface area (Å²) in [6.45, 7) is 4.91. The Morgan fingerprint density at radius 2 is 1.70 bits per heavy atom. The number of rotatable bonds is 6. The van der Waals surface area contributed by atoms with E-state index < -0.39 is 5.97 Å². The van der Waals surface area contributed by atoms with E-state index >= 15 is 0 Å². The number of esters is 1. The first-order chi connectivity index (χ1) is 11.1. The molecule has 2 aromatic rings. The van der Waals surface area contributed by atoms with E-state index in [2.05, 4.69) is 13.8 Å². The van der Waals surface area contributed by atoms with Gasteiger partial charge < -0.3 is 9.47 Å². The summed E-state index contributed by atoms with van der Waals surface area (Å²) in [5, 5.41) is 8.74. The Bertz CT molecular complexity index is 684. The molecule has 0 fully saturated rings. The normalized spacial score (nSPS) is 11.3. The third kappa shape index (κ3) is 4.86. The van der Waals surface area contributed by atoms with Crippen LogP contribution in [0.4, 0.5) is 0 Å². The molecule has 0 saturated carbocycles. The molecular formula is C19H19NO3. The number of hydrogen-bond donors (Lipinski definition) is 0. The molecule has 2 rings (SSSR count). The highest BCUT2D eigenvalue weighted by molar-refractivity contribution is 5.91. The fraction of sp³-hybridized carbons (Fsp3) is 0.263. The molecule has 2 aromatic carbocycles. The van der Waals surface area contributed by atoms with Gasteiger partial charge in [0.15, 0.2) is 0 Å². The van der Waals surface area contributed by atoms with Gasteiger partial charge in [-0.3, -0.25) is 0 Å². The Labute approximate surface area is 136 Å². The molecule has 118 valence electrons. The van der Waals surface area contributed by atoms with E-state index in [1.165, 1.54) is 0 Å². The van der Waals surface area contributed by atoms with E-state index in [9.17, 15) is 4.79 Å². The lowest BCUT2D eigenvalue weighted by atomic mass is 10.1. The number of carbonyl (C=O) groups is 1. The predicted octanol–water partition coefficient (Wildman–Crippen LogP) is 4.20. The van der Waals surface area contributed by atoms with E-state index in [-0.39, 0.29) is 0 Å². The van der Waals surface area contributed by atoms with Gasteiger partial charge in [-0.25, -0.2) is 4.79 Å². The van der Waals surface area contributed by atoms with Crippen molar-refractivity contribution in [2.45, 2.75) is 20.3 Å². The van der Waals surface area contributed by atoms with E-state index in [1.807, 2.05) is 6.07 Å². The molecule has 0 saturated heterocycles. The fourth-order valence-corrected chi connectivity index (χ4v) is 1.81. The number of carbonyl (C=O) groups excluding carboxylic acids is 1. The number of ether oxygens (including phenoxy) is 2. The van der Waals surface area contributed by atoms with Crippen LogP contribution in [0.5, 0.6) is 11.5 Å². The molecule has 0 amide bonds. The summed E-state index contributed by atoms with van der Waals surface area (Å²) in [6, 6.07) is 15.3. The molecule has 0 aliphatic rings. The van der Waals surface area contributed by atoms with Crippen LogP contribution < -0.4 is 9.47 Å². The van der Waals surface area contributed by atoms with Gasteiger partial charge >= 0.3 is 5.97 Å². The summed E-state index contributed by atoms with van der Waals surface area (Å²) in [7, 11) is 0. The van der Waals surface area contributed by atoms with Crippen molar-refractivity contribution in [2.75, 3.05) is 6.61 Å². The molecule has 0 heterocycles. The Hall–Kier alpha value is -2.80. The quantitative estimate of drug-likeness (QED) is 0.592. The Balaban J connectivity index is 1.95. The molecular weight excluding hydrogens is 290 g/mol. The van der Waals surface area contributed by atoms with Crippen LogP contribution in [0.2, 0.25) is 0 Å². The molecule has 23 heavy (non-hydrogen) atoms. The first-order valence-electron chi connectivity index (χ1n) is 7.57. The molecule has 4 heteroatoms. The van der Waals surface area contributed by atoms with Crippen molar-refractivity contribution in [3.63, 3.8) is 0 Å². The van der Waals surface area contributed by atoms with Crippen LogP contribution in [0.1, 0.15) is 36.2 Å². The van der Waals surface area contributed by atoms with E-state index in [0.29, 0.717) is 29.4 Å². The summed E-state index contributed by atoms with van der Waals surface area (Å²) in [4.78, 5) is 12.1. The van der Waals surface area contributed by atoms with Crippen molar-refractivity contribution >= 4 is 5.97 Å². The molecule has 0 bridgehead atoms. The van der Waals surface area contributed by atoms with Gasteiger partial charge in [-0.05, 0) is 54.4 Å². The van der Waals surface area contributed by atoms with Crippen LogP contribution in [0.3, 0.4) is 0 Å². The lowest BCUT2D eigenvalue weighted by Gasteiger charge is -2.11. The third-order valence-electron chi connectivity index (χ3n) is 3.52. The summed E-state index contributed by atoms with van der Waals surface area (Å²) in [5.74, 6) is 1.20. The zero-order chi connectivity index (χ0) is 16.7. The monoisotopic (exact) mass is 309 g/mol. The number of nitrogens with zero attached hydrogens (tertiary/aromatic N) is 1. The molecule has 1 atom stereocenters. The second kappa shape index (κ2) is 8.00. The van der Waals surface area contributed by atoms with Gasteiger partial charge in [-0.15, -0.1) is 0 Å². The average molecular weight is 309 g/mol. The van der Waals surface area contributed by atoms with Crippen LogP contribution in [0, 0.1) is 17.2 Å². The average Bonchev–Trinajstić information content (AvgIpc) is 2.60. The van der Waals surface area contributed by atoms with Crippen molar-refractivity contribution in [1.82, 2.24) is 0 Å². The fourth-order valence-electron chi connectivity index (χ4n) is 1.81. The second-order valence-electron chi connectivity index (χ2n) is 5.37. The molecule has 0 radical (unpaired) electrons. The Kier molecular flexibility index (Phi) is 5.76. The zero-order valence-electron chi connectivity index (χ0n) is 13.3. The van der Waals surface area contributed by atoms with Crippen LogP contribution in [0.25, 0.3) is 0 Å². The van der Waals surface area contributed by atoms with Gasteiger partial charge in [0, 0.05) is 0 Å². The molecule has 0 unspecified atom stereocenters. The maximum atomic E-state index is 12.1. The number of benzene rings is 2. The van der Waals surface area contributed by atoms with Crippen LogP contribution in [-0.4, -0.2) is 12.6 Å². The number of hydrogen-bond acceptors (Lipinski definition) is 4. The van der Waals surface area contributed by atoms with Crippen LogP contribution in [-0.2, 0) is 0 Å². The molecule has 4 nitrogen and oxygen atoms in total. The standard InChI is InChI=1S/C19H19NO3/c1-3-14(2)13-22-17-10-6-16(7-11-17)19(21)23-18-8-4-15(12-20)5-9-18/h4-11,14H,3,13H2,1-2H3/t14-/m0/s1. The molecule has 0 spiro atoms. The Morgan fingerprint density at radius 1 is 1.09 bits per heavy atom. The summed E-state index contributed by atoms with van der Waals surface area (Å²) in [5.41, 5.74) is 0.970. The lowest BCUT2D eigenvalue weighted by Crippen LogP contribution is -2.09.